The van der Waals surface area contributed by atoms with E-state index in [2.05, 4.69) is 53.5 Å². The molecule has 3 aromatic rings. The second kappa shape index (κ2) is 8.61. The number of hydrogen-bond donors (Lipinski definition) is 0. The highest BCUT2D eigenvalue weighted by Gasteiger charge is 2.28. The summed E-state index contributed by atoms with van der Waals surface area (Å²) in [4.78, 5) is 14.9. The van der Waals surface area contributed by atoms with Crippen LogP contribution >= 0.6 is 11.8 Å². The van der Waals surface area contributed by atoms with Crippen LogP contribution in [-0.2, 0) is 11.2 Å². The molecule has 2 heterocycles. The zero-order valence-electron chi connectivity index (χ0n) is 16.0. The second-order valence-corrected chi connectivity index (χ2v) is 8.12. The summed E-state index contributed by atoms with van der Waals surface area (Å²) >= 11 is 1.45. The molecule has 1 atom stereocenters. The van der Waals surface area contributed by atoms with Crippen molar-refractivity contribution in [3.63, 3.8) is 0 Å². The quantitative estimate of drug-likeness (QED) is 0.597. The van der Waals surface area contributed by atoms with Crippen molar-refractivity contribution in [2.24, 2.45) is 0 Å². The number of hydrogen-bond acceptors (Lipinski definition) is 4. The van der Waals surface area contributed by atoms with Gasteiger partial charge in [0.25, 0.3) is 0 Å². The number of amides is 1. The van der Waals surface area contributed by atoms with E-state index in [-0.39, 0.29) is 5.91 Å². The zero-order chi connectivity index (χ0) is 19.3. The molecule has 6 heteroatoms. The van der Waals surface area contributed by atoms with Crippen LogP contribution in [0.2, 0.25) is 0 Å². The van der Waals surface area contributed by atoms with Gasteiger partial charge in [-0.25, -0.2) is 0 Å². The maximum absolute atomic E-state index is 12.9. The van der Waals surface area contributed by atoms with Crippen molar-refractivity contribution in [2.75, 3.05) is 12.3 Å². The summed E-state index contributed by atoms with van der Waals surface area (Å²) < 4.78 is 1.93. The molecule has 1 aliphatic heterocycles. The summed E-state index contributed by atoms with van der Waals surface area (Å²) in [5, 5.41) is 8.99. The lowest BCUT2D eigenvalue weighted by Crippen LogP contribution is -2.38. The molecule has 144 valence electrons. The Morgan fingerprint density at radius 1 is 1.14 bits per heavy atom. The molecule has 0 aliphatic carbocycles. The van der Waals surface area contributed by atoms with Gasteiger partial charge in [0.1, 0.15) is 6.33 Å². The minimum absolute atomic E-state index is 0.182. The molecule has 0 radical (unpaired) electrons. The fourth-order valence-corrected chi connectivity index (χ4v) is 4.49. The first-order valence-corrected chi connectivity index (χ1v) is 10.6. The Morgan fingerprint density at radius 2 is 1.93 bits per heavy atom. The zero-order valence-corrected chi connectivity index (χ0v) is 16.8. The van der Waals surface area contributed by atoms with Crippen LogP contribution in [-0.4, -0.2) is 43.9 Å². The third-order valence-electron chi connectivity index (χ3n) is 5.16. The maximum atomic E-state index is 12.9. The molecule has 5 nitrogen and oxygen atoms in total. The van der Waals surface area contributed by atoms with E-state index in [1.165, 1.54) is 22.9 Å². The van der Waals surface area contributed by atoms with Crippen LogP contribution in [0.25, 0.3) is 5.69 Å². The summed E-state index contributed by atoms with van der Waals surface area (Å²) in [5.41, 5.74) is 3.51. The number of aryl methyl sites for hydroxylation is 1. The van der Waals surface area contributed by atoms with Crippen LogP contribution in [0, 0.1) is 6.92 Å². The Balaban J connectivity index is 1.39. The summed E-state index contributed by atoms with van der Waals surface area (Å²) in [6.45, 7) is 2.91. The van der Waals surface area contributed by atoms with Crippen molar-refractivity contribution >= 4 is 17.7 Å². The van der Waals surface area contributed by atoms with Crippen molar-refractivity contribution in [1.29, 1.82) is 0 Å². The fourth-order valence-electron chi connectivity index (χ4n) is 3.68. The van der Waals surface area contributed by atoms with E-state index in [1.54, 1.807) is 6.33 Å². The average Bonchev–Trinajstić information content (AvgIpc) is 3.37. The second-order valence-electron chi connectivity index (χ2n) is 7.18. The predicted molar refractivity (Wildman–Crippen MR) is 112 cm³/mol. The number of thioether (sulfide) groups is 1. The van der Waals surface area contributed by atoms with Crippen molar-refractivity contribution < 1.29 is 4.79 Å². The Hall–Kier alpha value is -2.60. The van der Waals surface area contributed by atoms with E-state index in [0.29, 0.717) is 11.8 Å². The molecule has 2 aromatic carbocycles. The summed E-state index contributed by atoms with van der Waals surface area (Å²) in [7, 11) is 0. The van der Waals surface area contributed by atoms with Crippen LogP contribution in [0.15, 0.2) is 66.1 Å². The highest BCUT2D eigenvalue weighted by molar-refractivity contribution is 7.99. The number of carbonyl (C=O) groups excluding carboxylic acids is 1. The number of nitrogens with zero attached hydrogens (tertiary/aromatic N) is 4. The van der Waals surface area contributed by atoms with Gasteiger partial charge >= 0.3 is 0 Å². The Labute approximate surface area is 169 Å². The molecular weight excluding hydrogens is 368 g/mol. The molecule has 0 bridgehead atoms. The van der Waals surface area contributed by atoms with Crippen LogP contribution in [0.1, 0.15) is 24.0 Å². The van der Waals surface area contributed by atoms with Gasteiger partial charge in [0, 0.05) is 18.3 Å². The number of rotatable bonds is 6. The molecule has 1 amide bonds. The fraction of sp³-hybridized carbons (Fsp3) is 0.318. The Morgan fingerprint density at radius 3 is 2.71 bits per heavy atom. The smallest absolute Gasteiger partial charge is 0.233 e. The number of likely N-dealkylation sites (tertiary alicyclic amines) is 1. The van der Waals surface area contributed by atoms with Gasteiger partial charge in [0.15, 0.2) is 5.16 Å². The Kier molecular flexibility index (Phi) is 5.76. The van der Waals surface area contributed by atoms with Crippen molar-refractivity contribution in [3.05, 3.63) is 72.1 Å². The highest BCUT2D eigenvalue weighted by Crippen LogP contribution is 2.25. The molecule has 0 spiro atoms. The predicted octanol–water partition coefficient (Wildman–Crippen LogP) is 3.90. The van der Waals surface area contributed by atoms with Crippen molar-refractivity contribution in [2.45, 2.75) is 37.4 Å². The molecule has 1 aromatic heterocycles. The van der Waals surface area contributed by atoms with E-state index in [4.69, 9.17) is 0 Å². The standard InChI is InChI=1S/C22H24N4OS/c1-17-9-11-19(12-10-17)26-16-23-24-22(26)28-15-21(27)25-13-5-8-20(25)14-18-6-3-2-4-7-18/h2-4,6-7,9-12,16,20H,5,8,13-15H2,1H3. The van der Waals surface area contributed by atoms with Crippen LogP contribution in [0.5, 0.6) is 0 Å². The first-order valence-electron chi connectivity index (χ1n) is 9.64. The molecule has 1 aliphatic rings. The maximum Gasteiger partial charge on any atom is 0.233 e. The van der Waals surface area contributed by atoms with E-state index in [1.807, 2.05) is 27.7 Å². The van der Waals surface area contributed by atoms with E-state index in [9.17, 15) is 4.79 Å². The van der Waals surface area contributed by atoms with Crippen molar-refractivity contribution in [1.82, 2.24) is 19.7 Å². The lowest BCUT2D eigenvalue weighted by Gasteiger charge is -2.24. The third kappa shape index (κ3) is 4.28. The van der Waals surface area contributed by atoms with Gasteiger partial charge in [-0.15, -0.1) is 10.2 Å². The van der Waals surface area contributed by atoms with Crippen LogP contribution in [0.4, 0.5) is 0 Å². The molecule has 1 saturated heterocycles. The molecule has 1 fully saturated rings. The van der Waals surface area contributed by atoms with Crippen molar-refractivity contribution in [3.8, 4) is 5.69 Å². The molecule has 0 saturated carbocycles. The number of aromatic nitrogens is 3. The van der Waals surface area contributed by atoms with Crippen LogP contribution in [0.3, 0.4) is 0 Å². The van der Waals surface area contributed by atoms with Gasteiger partial charge in [-0.2, -0.15) is 0 Å². The van der Waals surface area contributed by atoms with Crippen LogP contribution < -0.4 is 0 Å². The van der Waals surface area contributed by atoms with E-state index in [0.717, 1.165) is 36.7 Å². The lowest BCUT2D eigenvalue weighted by atomic mass is 10.0. The van der Waals surface area contributed by atoms with E-state index < -0.39 is 0 Å². The SMILES string of the molecule is Cc1ccc(-n2cnnc2SCC(=O)N2CCCC2Cc2ccccc2)cc1. The number of benzene rings is 2. The normalized spacial score (nSPS) is 16.5. The average molecular weight is 393 g/mol. The van der Waals surface area contributed by atoms with Gasteiger partial charge in [0.05, 0.1) is 5.75 Å². The first kappa shape index (κ1) is 18.7. The molecular formula is C22H24N4OS. The van der Waals surface area contributed by atoms with Gasteiger partial charge in [0.2, 0.25) is 5.91 Å². The van der Waals surface area contributed by atoms with E-state index >= 15 is 0 Å². The number of carbonyl (C=O) groups is 1. The monoisotopic (exact) mass is 392 g/mol. The topological polar surface area (TPSA) is 51.0 Å². The lowest BCUT2D eigenvalue weighted by molar-refractivity contribution is -0.129. The molecule has 28 heavy (non-hydrogen) atoms. The molecule has 0 N–H and O–H groups in total. The first-order chi connectivity index (χ1) is 13.7. The highest BCUT2D eigenvalue weighted by atomic mass is 32.2. The minimum Gasteiger partial charge on any atom is -0.339 e. The third-order valence-corrected chi connectivity index (χ3v) is 6.09. The van der Waals surface area contributed by atoms with Gasteiger partial charge in [-0.3, -0.25) is 9.36 Å². The Bertz CT molecular complexity index is 923. The minimum atomic E-state index is 0.182. The summed E-state index contributed by atoms with van der Waals surface area (Å²) in [5.74, 6) is 0.567. The molecule has 1 unspecified atom stereocenters. The largest absolute Gasteiger partial charge is 0.339 e. The van der Waals surface area contributed by atoms with Gasteiger partial charge in [-0.1, -0.05) is 59.8 Å². The van der Waals surface area contributed by atoms with Gasteiger partial charge < -0.3 is 4.90 Å². The summed E-state index contributed by atoms with van der Waals surface area (Å²) in [6.07, 6.45) is 4.78. The molecule has 4 rings (SSSR count). The summed E-state index contributed by atoms with van der Waals surface area (Å²) in [6, 6.07) is 18.9. The van der Waals surface area contributed by atoms with Gasteiger partial charge in [-0.05, 0) is 43.9 Å².